The quantitative estimate of drug-likeness (QED) is 0.634. The Balaban J connectivity index is 2.02. The molecule has 2 saturated heterocycles. The molecule has 0 bridgehead atoms. The molecular formula is C15H25N. The molecule has 0 unspecified atom stereocenters. The van der Waals surface area contributed by atoms with Crippen molar-refractivity contribution in [2.45, 2.75) is 63.5 Å². The van der Waals surface area contributed by atoms with Crippen LogP contribution in [-0.4, -0.2) is 23.0 Å². The summed E-state index contributed by atoms with van der Waals surface area (Å²) in [5.74, 6) is 0. The van der Waals surface area contributed by atoms with Crippen LogP contribution in [0.15, 0.2) is 24.8 Å². The molecule has 2 atom stereocenters. The number of hydrogen-bond acceptors (Lipinski definition) is 1. The predicted molar refractivity (Wildman–Crippen MR) is 70.6 cm³/mol. The minimum Gasteiger partial charge on any atom is -0.294 e. The van der Waals surface area contributed by atoms with Crippen molar-refractivity contribution in [3.63, 3.8) is 0 Å². The maximum atomic E-state index is 4.05. The van der Waals surface area contributed by atoms with E-state index in [9.17, 15) is 0 Å². The fraction of sp³-hybridized carbons (Fsp3) is 0.733. The van der Waals surface area contributed by atoms with Gasteiger partial charge in [-0.2, -0.15) is 0 Å². The van der Waals surface area contributed by atoms with Crippen molar-refractivity contribution in [2.75, 3.05) is 6.54 Å². The molecule has 0 aromatic carbocycles. The Bertz CT molecular complexity index is 281. The third-order valence-corrected chi connectivity index (χ3v) is 4.49. The molecule has 1 heteroatoms. The van der Waals surface area contributed by atoms with Crippen LogP contribution in [0.25, 0.3) is 0 Å². The second-order valence-electron chi connectivity index (χ2n) is 5.70. The summed E-state index contributed by atoms with van der Waals surface area (Å²) in [7, 11) is 0. The lowest BCUT2D eigenvalue weighted by Crippen LogP contribution is -2.42. The van der Waals surface area contributed by atoms with Crippen molar-refractivity contribution in [3.05, 3.63) is 24.8 Å². The van der Waals surface area contributed by atoms with E-state index in [1.807, 2.05) is 0 Å². The highest BCUT2D eigenvalue weighted by Gasteiger charge is 2.47. The molecule has 2 heterocycles. The van der Waals surface area contributed by atoms with Gasteiger partial charge in [-0.1, -0.05) is 11.6 Å². The van der Waals surface area contributed by atoms with Crippen LogP contribution < -0.4 is 0 Å². The minimum atomic E-state index is 0.534. The van der Waals surface area contributed by atoms with Crippen LogP contribution in [0.1, 0.15) is 51.9 Å². The maximum absolute atomic E-state index is 4.05. The van der Waals surface area contributed by atoms with Gasteiger partial charge in [-0.25, -0.2) is 0 Å². The zero-order chi connectivity index (χ0) is 11.6. The van der Waals surface area contributed by atoms with Crippen LogP contribution >= 0.6 is 0 Å². The van der Waals surface area contributed by atoms with Crippen molar-refractivity contribution in [2.24, 2.45) is 0 Å². The van der Waals surface area contributed by atoms with E-state index in [-0.39, 0.29) is 0 Å². The summed E-state index contributed by atoms with van der Waals surface area (Å²) < 4.78 is 0. The van der Waals surface area contributed by atoms with Crippen molar-refractivity contribution in [1.29, 1.82) is 0 Å². The fourth-order valence-corrected chi connectivity index (χ4v) is 3.67. The molecule has 2 rings (SSSR count). The molecule has 2 aliphatic rings. The van der Waals surface area contributed by atoms with E-state index >= 15 is 0 Å². The monoisotopic (exact) mass is 219 g/mol. The second kappa shape index (κ2) is 4.75. The lowest BCUT2D eigenvalue weighted by Gasteiger charge is -2.35. The molecule has 0 spiro atoms. The Morgan fingerprint density at radius 1 is 1.50 bits per heavy atom. The average Bonchev–Trinajstić information content (AvgIpc) is 2.77. The summed E-state index contributed by atoms with van der Waals surface area (Å²) in [6.45, 7) is 11.4. The van der Waals surface area contributed by atoms with Gasteiger partial charge in [0.25, 0.3) is 0 Å². The smallest absolute Gasteiger partial charge is 0.0216 e. The van der Waals surface area contributed by atoms with E-state index in [0.29, 0.717) is 5.54 Å². The molecule has 2 aliphatic heterocycles. The molecule has 0 saturated carbocycles. The molecule has 0 aromatic rings. The third-order valence-electron chi connectivity index (χ3n) is 4.49. The Labute approximate surface area is 100 Å². The number of rotatable bonds is 5. The highest BCUT2D eigenvalue weighted by atomic mass is 15.3. The molecule has 0 radical (unpaired) electrons. The van der Waals surface area contributed by atoms with Gasteiger partial charge in [0.05, 0.1) is 0 Å². The maximum Gasteiger partial charge on any atom is 0.0216 e. The Hall–Kier alpha value is -0.560. The first-order valence-corrected chi connectivity index (χ1v) is 6.70. The van der Waals surface area contributed by atoms with Crippen LogP contribution in [0.3, 0.4) is 0 Å². The van der Waals surface area contributed by atoms with E-state index < -0.39 is 0 Å². The summed E-state index contributed by atoms with van der Waals surface area (Å²) in [5.41, 5.74) is 1.88. The Morgan fingerprint density at radius 2 is 2.31 bits per heavy atom. The minimum absolute atomic E-state index is 0.534. The van der Waals surface area contributed by atoms with E-state index in [0.717, 1.165) is 6.04 Å². The second-order valence-corrected chi connectivity index (χ2v) is 5.70. The third kappa shape index (κ3) is 2.10. The summed E-state index contributed by atoms with van der Waals surface area (Å²) in [5, 5.41) is 0. The first kappa shape index (κ1) is 11.9. The standard InChI is InChI=1S/C15H25N/c1-4-6-14-8-11-15(10-7-13(2)3)9-5-12-16(14)15/h4,14H,1-2,5-12H2,3H3/t14-,15-/m1/s1. The van der Waals surface area contributed by atoms with E-state index in [4.69, 9.17) is 0 Å². The Morgan fingerprint density at radius 3 is 3.00 bits per heavy atom. The van der Waals surface area contributed by atoms with Gasteiger partial charge in [-0.15, -0.1) is 13.2 Å². The summed E-state index contributed by atoms with van der Waals surface area (Å²) in [6, 6.07) is 0.783. The highest BCUT2D eigenvalue weighted by molar-refractivity contribution is 5.07. The van der Waals surface area contributed by atoms with Crippen LogP contribution in [-0.2, 0) is 0 Å². The van der Waals surface area contributed by atoms with Gasteiger partial charge < -0.3 is 0 Å². The predicted octanol–water partition coefficient (Wildman–Crippen LogP) is 3.92. The van der Waals surface area contributed by atoms with Crippen molar-refractivity contribution < 1.29 is 0 Å². The van der Waals surface area contributed by atoms with Crippen LogP contribution in [0, 0.1) is 0 Å². The summed E-state index contributed by atoms with van der Waals surface area (Å²) >= 11 is 0. The summed E-state index contributed by atoms with van der Waals surface area (Å²) in [4.78, 5) is 2.79. The largest absolute Gasteiger partial charge is 0.294 e. The fourth-order valence-electron chi connectivity index (χ4n) is 3.67. The van der Waals surface area contributed by atoms with Crippen molar-refractivity contribution in [3.8, 4) is 0 Å². The zero-order valence-corrected chi connectivity index (χ0v) is 10.7. The topological polar surface area (TPSA) is 3.24 Å². The number of hydrogen-bond donors (Lipinski definition) is 0. The number of fused-ring (bicyclic) bond motifs is 1. The van der Waals surface area contributed by atoms with Gasteiger partial charge in [0, 0.05) is 11.6 Å². The van der Waals surface area contributed by atoms with Gasteiger partial charge in [0.2, 0.25) is 0 Å². The highest BCUT2D eigenvalue weighted by Crippen LogP contribution is 2.46. The lowest BCUT2D eigenvalue weighted by atomic mass is 9.87. The van der Waals surface area contributed by atoms with Crippen molar-refractivity contribution in [1.82, 2.24) is 4.90 Å². The normalized spacial score (nSPS) is 33.9. The van der Waals surface area contributed by atoms with Crippen LogP contribution in [0.2, 0.25) is 0 Å². The lowest BCUT2D eigenvalue weighted by molar-refractivity contribution is 0.141. The molecule has 0 aromatic heterocycles. The number of allylic oxidation sites excluding steroid dienone is 1. The van der Waals surface area contributed by atoms with Gasteiger partial charge in [0.1, 0.15) is 0 Å². The van der Waals surface area contributed by atoms with Gasteiger partial charge in [-0.3, -0.25) is 4.90 Å². The van der Waals surface area contributed by atoms with Crippen molar-refractivity contribution >= 4 is 0 Å². The SMILES string of the molecule is C=CC[C@@H]1CC[C@]2(CCC(=C)C)CCCN12. The number of nitrogens with zero attached hydrogens (tertiary/aromatic N) is 1. The molecule has 0 N–H and O–H groups in total. The first-order chi connectivity index (χ1) is 7.68. The summed E-state index contributed by atoms with van der Waals surface area (Å²) in [6.07, 6.45) is 11.4. The molecule has 16 heavy (non-hydrogen) atoms. The van der Waals surface area contributed by atoms with E-state index in [1.54, 1.807) is 0 Å². The molecule has 1 nitrogen and oxygen atoms in total. The average molecular weight is 219 g/mol. The van der Waals surface area contributed by atoms with Gasteiger partial charge in [-0.05, 0) is 58.4 Å². The zero-order valence-electron chi connectivity index (χ0n) is 10.7. The molecule has 0 amide bonds. The van der Waals surface area contributed by atoms with Crippen LogP contribution in [0.4, 0.5) is 0 Å². The molecule has 2 fully saturated rings. The molecular weight excluding hydrogens is 194 g/mol. The molecule has 90 valence electrons. The van der Waals surface area contributed by atoms with Gasteiger partial charge in [0.15, 0.2) is 0 Å². The Kier molecular flexibility index (Phi) is 3.53. The van der Waals surface area contributed by atoms with Crippen LogP contribution in [0.5, 0.6) is 0 Å². The van der Waals surface area contributed by atoms with Gasteiger partial charge >= 0.3 is 0 Å². The molecule has 0 aliphatic carbocycles. The van der Waals surface area contributed by atoms with E-state index in [2.05, 4.69) is 31.1 Å². The first-order valence-electron chi connectivity index (χ1n) is 6.70. The van der Waals surface area contributed by atoms with E-state index in [1.165, 1.54) is 57.1 Å².